The van der Waals surface area contributed by atoms with Gasteiger partial charge in [0, 0.05) is 11.1 Å². The van der Waals surface area contributed by atoms with E-state index in [0.29, 0.717) is 11.1 Å². The van der Waals surface area contributed by atoms with Crippen molar-refractivity contribution < 1.29 is 19.1 Å². The summed E-state index contributed by atoms with van der Waals surface area (Å²) in [6.45, 7) is -0.287. The lowest BCUT2D eigenvalue weighted by Crippen LogP contribution is -2.33. The first-order valence-electron chi connectivity index (χ1n) is 7.42. The largest absolute Gasteiger partial charge is 0.468 e. The maximum Gasteiger partial charge on any atom is 0.325 e. The number of rotatable bonds is 4. The molecule has 0 atom stereocenters. The van der Waals surface area contributed by atoms with Crippen LogP contribution in [0.4, 0.5) is 0 Å². The van der Waals surface area contributed by atoms with Crippen LogP contribution in [-0.2, 0) is 14.3 Å². The zero-order valence-corrected chi connectivity index (χ0v) is 13.0. The molecule has 1 aliphatic rings. The molecule has 0 bridgehead atoms. The summed E-state index contributed by atoms with van der Waals surface area (Å²) in [5, 5.41) is 2.45. The number of methoxy groups -OCH3 is 1. The Bertz CT molecular complexity index is 853. The Balaban J connectivity index is 2.07. The van der Waals surface area contributed by atoms with Crippen LogP contribution in [0.1, 0.15) is 21.5 Å². The van der Waals surface area contributed by atoms with Crippen molar-refractivity contribution in [3.05, 3.63) is 76.9 Å². The first kappa shape index (κ1) is 15.7. The minimum Gasteiger partial charge on any atom is -0.468 e. The molecule has 5 heteroatoms. The van der Waals surface area contributed by atoms with Gasteiger partial charge in [-0.3, -0.25) is 14.4 Å². The van der Waals surface area contributed by atoms with Crippen molar-refractivity contribution in [2.45, 2.75) is 0 Å². The summed E-state index contributed by atoms with van der Waals surface area (Å²) < 4.78 is 4.51. The first-order valence-corrected chi connectivity index (χ1v) is 7.42. The zero-order valence-electron chi connectivity index (χ0n) is 13.0. The number of esters is 1. The average Bonchev–Trinajstić information content (AvgIpc) is 2.93. The minimum atomic E-state index is -0.583. The Hall–Kier alpha value is -3.21. The van der Waals surface area contributed by atoms with Crippen molar-refractivity contribution in [2.24, 2.45) is 0 Å². The van der Waals surface area contributed by atoms with Crippen molar-refractivity contribution in [1.29, 1.82) is 0 Å². The van der Waals surface area contributed by atoms with Crippen molar-refractivity contribution in [3.63, 3.8) is 0 Å². The fraction of sp³-hybridized carbons (Fsp3) is 0.105. The highest BCUT2D eigenvalue weighted by Gasteiger charge is 2.34. The number of ketones is 1. The Morgan fingerprint density at radius 1 is 0.958 bits per heavy atom. The smallest absolute Gasteiger partial charge is 0.325 e. The van der Waals surface area contributed by atoms with E-state index in [1.165, 1.54) is 7.11 Å². The van der Waals surface area contributed by atoms with Gasteiger partial charge in [-0.15, -0.1) is 0 Å². The second-order valence-corrected chi connectivity index (χ2v) is 5.25. The quantitative estimate of drug-likeness (QED) is 0.690. The molecule has 1 amide bonds. The average molecular weight is 321 g/mol. The van der Waals surface area contributed by atoms with Crippen molar-refractivity contribution >= 4 is 23.2 Å². The van der Waals surface area contributed by atoms with Gasteiger partial charge < -0.3 is 10.1 Å². The van der Waals surface area contributed by atoms with Crippen LogP contribution in [0.25, 0.3) is 5.57 Å². The number of nitrogens with one attached hydrogen (secondary N) is 1. The lowest BCUT2D eigenvalue weighted by molar-refractivity contribution is -0.140. The van der Waals surface area contributed by atoms with Gasteiger partial charge in [0.2, 0.25) is 0 Å². The van der Waals surface area contributed by atoms with E-state index in [9.17, 15) is 14.4 Å². The molecule has 0 radical (unpaired) electrons. The summed E-state index contributed by atoms with van der Waals surface area (Å²) in [4.78, 5) is 36.5. The molecule has 2 aromatic carbocycles. The topological polar surface area (TPSA) is 72.5 Å². The van der Waals surface area contributed by atoms with E-state index in [2.05, 4.69) is 10.1 Å². The van der Waals surface area contributed by atoms with Crippen LogP contribution in [0.2, 0.25) is 0 Å². The molecule has 0 unspecified atom stereocenters. The van der Waals surface area contributed by atoms with Gasteiger partial charge in [-0.05, 0) is 11.1 Å². The summed E-state index contributed by atoms with van der Waals surface area (Å²) in [7, 11) is 1.24. The first-order chi connectivity index (χ1) is 11.6. The van der Waals surface area contributed by atoms with Crippen molar-refractivity contribution in [2.75, 3.05) is 13.7 Å². The second kappa shape index (κ2) is 6.50. The molecule has 0 spiro atoms. The normalized spacial score (nSPS) is 12.8. The van der Waals surface area contributed by atoms with Gasteiger partial charge in [0.15, 0.2) is 5.78 Å². The molecule has 0 aliphatic heterocycles. The molecule has 1 aliphatic carbocycles. The fourth-order valence-electron chi connectivity index (χ4n) is 2.72. The molecule has 0 aromatic heterocycles. The van der Waals surface area contributed by atoms with E-state index < -0.39 is 11.9 Å². The highest BCUT2D eigenvalue weighted by atomic mass is 16.5. The van der Waals surface area contributed by atoms with Gasteiger partial charge in [0.05, 0.1) is 12.7 Å². The third-order valence-electron chi connectivity index (χ3n) is 3.83. The predicted octanol–water partition coefficient (Wildman–Crippen LogP) is 1.97. The van der Waals surface area contributed by atoms with Crippen LogP contribution in [-0.4, -0.2) is 31.3 Å². The summed E-state index contributed by atoms with van der Waals surface area (Å²) in [5.74, 6) is -1.50. The number of hydrogen-bond donors (Lipinski definition) is 1. The van der Waals surface area contributed by atoms with E-state index in [1.807, 2.05) is 42.5 Å². The van der Waals surface area contributed by atoms with Crippen LogP contribution >= 0.6 is 0 Å². The van der Waals surface area contributed by atoms with Crippen LogP contribution in [0.5, 0.6) is 0 Å². The summed E-state index contributed by atoms with van der Waals surface area (Å²) in [6.07, 6.45) is 0. The number of ether oxygens (including phenoxy) is 1. The van der Waals surface area contributed by atoms with Crippen molar-refractivity contribution in [3.8, 4) is 0 Å². The molecule has 0 saturated heterocycles. The molecule has 120 valence electrons. The zero-order chi connectivity index (χ0) is 17.1. The molecule has 1 N–H and O–H groups in total. The van der Waals surface area contributed by atoms with Gasteiger partial charge >= 0.3 is 5.97 Å². The van der Waals surface area contributed by atoms with Crippen LogP contribution in [0.15, 0.2) is 60.2 Å². The number of benzene rings is 2. The van der Waals surface area contributed by atoms with Crippen LogP contribution in [0.3, 0.4) is 0 Å². The molecule has 0 heterocycles. The monoisotopic (exact) mass is 321 g/mol. The number of Topliss-reactive ketones (excluding diaryl/α,β-unsaturated/α-hetero) is 1. The Morgan fingerprint density at radius 3 is 2.25 bits per heavy atom. The number of hydrogen-bond acceptors (Lipinski definition) is 4. The van der Waals surface area contributed by atoms with Crippen LogP contribution < -0.4 is 5.32 Å². The molecule has 5 nitrogen and oxygen atoms in total. The maximum atomic E-state index is 12.7. The predicted molar refractivity (Wildman–Crippen MR) is 88.3 cm³/mol. The number of fused-ring (bicyclic) bond motifs is 1. The van der Waals surface area contributed by atoms with E-state index in [0.717, 1.165) is 11.1 Å². The fourth-order valence-corrected chi connectivity index (χ4v) is 2.72. The standard InChI is InChI=1S/C19H15NO4/c1-24-15(21)11-20-19(23)17-16(12-7-3-2-4-8-12)13-9-5-6-10-14(13)18(17)22/h2-10H,11H2,1H3,(H,20,23). The summed E-state index contributed by atoms with van der Waals surface area (Å²) in [6, 6.07) is 16.3. The molecule has 3 rings (SSSR count). The lowest BCUT2D eigenvalue weighted by atomic mass is 9.97. The van der Waals surface area contributed by atoms with Gasteiger partial charge in [0.1, 0.15) is 6.54 Å². The van der Waals surface area contributed by atoms with Gasteiger partial charge in [-0.2, -0.15) is 0 Å². The van der Waals surface area contributed by atoms with E-state index in [1.54, 1.807) is 12.1 Å². The number of amides is 1. The number of carbonyl (C=O) groups is 3. The highest BCUT2D eigenvalue weighted by molar-refractivity contribution is 6.36. The minimum absolute atomic E-state index is 0.0475. The summed E-state index contributed by atoms with van der Waals surface area (Å²) >= 11 is 0. The van der Waals surface area contributed by atoms with E-state index >= 15 is 0 Å². The molecular formula is C19H15NO4. The second-order valence-electron chi connectivity index (χ2n) is 5.25. The van der Waals surface area contributed by atoms with Gasteiger partial charge in [-0.1, -0.05) is 54.6 Å². The van der Waals surface area contributed by atoms with E-state index in [4.69, 9.17) is 0 Å². The molecule has 2 aromatic rings. The number of carbonyl (C=O) groups excluding carboxylic acids is 3. The van der Waals surface area contributed by atoms with E-state index in [-0.39, 0.29) is 17.9 Å². The molecule has 24 heavy (non-hydrogen) atoms. The third-order valence-corrected chi connectivity index (χ3v) is 3.83. The molecule has 0 fully saturated rings. The highest BCUT2D eigenvalue weighted by Crippen LogP contribution is 2.37. The maximum absolute atomic E-state index is 12.7. The Kier molecular flexibility index (Phi) is 4.24. The van der Waals surface area contributed by atoms with Gasteiger partial charge in [0.25, 0.3) is 5.91 Å². The Morgan fingerprint density at radius 2 is 1.58 bits per heavy atom. The Labute approximate surface area is 138 Å². The van der Waals surface area contributed by atoms with Crippen molar-refractivity contribution in [1.82, 2.24) is 5.32 Å². The van der Waals surface area contributed by atoms with Crippen LogP contribution in [0, 0.1) is 0 Å². The molecule has 0 saturated carbocycles. The lowest BCUT2D eigenvalue weighted by Gasteiger charge is -2.08. The summed E-state index contributed by atoms with van der Waals surface area (Å²) in [5.41, 5.74) is 2.61. The van der Waals surface area contributed by atoms with Gasteiger partial charge in [-0.25, -0.2) is 0 Å². The SMILES string of the molecule is COC(=O)CNC(=O)C1=C(c2ccccc2)c2ccccc2C1=O. The third kappa shape index (κ3) is 2.72. The molecular weight excluding hydrogens is 306 g/mol.